The van der Waals surface area contributed by atoms with Crippen molar-refractivity contribution in [3.63, 3.8) is 0 Å². The van der Waals surface area contributed by atoms with E-state index in [-0.39, 0.29) is 22.0 Å². The molecule has 1 amide bonds. The topological polar surface area (TPSA) is 29.5 Å². The molecule has 0 unspecified atom stereocenters. The first-order valence-electron chi connectivity index (χ1n) is 5.54. The number of benzene rings is 1. The molecule has 18 heavy (non-hydrogen) atoms. The Bertz CT molecular complexity index is 481. The fraction of sp³-hybridized carbons (Fsp3) is 0.417. The summed E-state index contributed by atoms with van der Waals surface area (Å²) in [6.07, 6.45) is -0.0493. The van der Waals surface area contributed by atoms with Gasteiger partial charge in [0.2, 0.25) is 0 Å². The van der Waals surface area contributed by atoms with Gasteiger partial charge in [-0.05, 0) is 35.0 Å². The van der Waals surface area contributed by atoms with E-state index in [4.69, 9.17) is 4.74 Å². The first-order chi connectivity index (χ1) is 8.49. The lowest BCUT2D eigenvalue weighted by molar-refractivity contribution is -0.0124. The van der Waals surface area contributed by atoms with E-state index in [2.05, 4.69) is 15.9 Å². The molecule has 98 valence electrons. The van der Waals surface area contributed by atoms with Crippen LogP contribution in [0.5, 0.6) is 0 Å². The Morgan fingerprint density at radius 2 is 2.11 bits per heavy atom. The monoisotopic (exact) mass is 319 g/mol. The summed E-state index contributed by atoms with van der Waals surface area (Å²) < 4.78 is 31.7. The van der Waals surface area contributed by atoms with Crippen LogP contribution in [0.1, 0.15) is 17.3 Å². The number of amides is 1. The number of morpholine rings is 1. The molecule has 1 heterocycles. The number of ether oxygens (including phenoxy) is 1. The van der Waals surface area contributed by atoms with E-state index in [1.165, 1.54) is 0 Å². The molecule has 0 aromatic heterocycles. The Hall–Kier alpha value is -1.01. The van der Waals surface area contributed by atoms with E-state index in [1.807, 2.05) is 6.92 Å². The second kappa shape index (κ2) is 5.32. The third-order valence-corrected chi connectivity index (χ3v) is 3.42. The lowest BCUT2D eigenvalue weighted by Crippen LogP contribution is -2.44. The summed E-state index contributed by atoms with van der Waals surface area (Å²) in [6, 6.07) is 1.88. The minimum atomic E-state index is -1.03. The normalized spacial score (nSPS) is 20.0. The molecule has 1 fully saturated rings. The summed E-state index contributed by atoms with van der Waals surface area (Å²) in [5.74, 6) is -2.33. The van der Waals surface area contributed by atoms with Crippen LogP contribution in [0.4, 0.5) is 8.78 Å². The molecular weight excluding hydrogens is 308 g/mol. The summed E-state index contributed by atoms with van der Waals surface area (Å²) in [4.78, 5) is 13.8. The first-order valence-corrected chi connectivity index (χ1v) is 6.33. The number of rotatable bonds is 1. The molecule has 0 bridgehead atoms. The zero-order valence-corrected chi connectivity index (χ0v) is 11.3. The maximum absolute atomic E-state index is 13.2. The Morgan fingerprint density at radius 3 is 2.78 bits per heavy atom. The van der Waals surface area contributed by atoms with Gasteiger partial charge in [0.25, 0.3) is 5.91 Å². The van der Waals surface area contributed by atoms with E-state index in [0.29, 0.717) is 19.7 Å². The number of halogens is 3. The molecule has 0 radical (unpaired) electrons. The zero-order valence-electron chi connectivity index (χ0n) is 9.75. The lowest BCUT2D eigenvalue weighted by atomic mass is 10.1. The summed E-state index contributed by atoms with van der Waals surface area (Å²) in [5.41, 5.74) is 0.128. The van der Waals surface area contributed by atoms with E-state index >= 15 is 0 Å². The molecule has 0 saturated carbocycles. The van der Waals surface area contributed by atoms with E-state index in [0.717, 1.165) is 12.1 Å². The van der Waals surface area contributed by atoms with Crippen molar-refractivity contribution in [2.45, 2.75) is 13.0 Å². The van der Waals surface area contributed by atoms with Crippen LogP contribution >= 0.6 is 15.9 Å². The van der Waals surface area contributed by atoms with Gasteiger partial charge in [-0.1, -0.05) is 0 Å². The van der Waals surface area contributed by atoms with Gasteiger partial charge in [0.05, 0.1) is 18.3 Å². The Balaban J connectivity index is 2.25. The first kappa shape index (κ1) is 13.4. The van der Waals surface area contributed by atoms with Gasteiger partial charge in [0.15, 0.2) is 11.6 Å². The largest absolute Gasteiger partial charge is 0.375 e. The van der Waals surface area contributed by atoms with E-state index < -0.39 is 11.6 Å². The second-order valence-electron chi connectivity index (χ2n) is 4.18. The lowest BCUT2D eigenvalue weighted by Gasteiger charge is -2.31. The average Bonchev–Trinajstić information content (AvgIpc) is 2.33. The van der Waals surface area contributed by atoms with Crippen molar-refractivity contribution < 1.29 is 18.3 Å². The van der Waals surface area contributed by atoms with Gasteiger partial charge in [-0.15, -0.1) is 0 Å². The molecule has 1 aliphatic rings. The molecule has 2 rings (SSSR count). The number of nitrogens with zero attached hydrogens (tertiary/aromatic N) is 1. The summed E-state index contributed by atoms with van der Waals surface area (Å²) >= 11 is 3.08. The predicted molar refractivity (Wildman–Crippen MR) is 65.4 cm³/mol. The van der Waals surface area contributed by atoms with Gasteiger partial charge in [0.1, 0.15) is 0 Å². The highest BCUT2D eigenvalue weighted by atomic mass is 79.9. The number of hydrogen-bond acceptors (Lipinski definition) is 2. The fourth-order valence-corrected chi connectivity index (χ4v) is 2.34. The molecule has 0 spiro atoms. The smallest absolute Gasteiger partial charge is 0.255 e. The molecule has 1 aliphatic heterocycles. The third-order valence-electron chi connectivity index (χ3n) is 2.77. The van der Waals surface area contributed by atoms with E-state index in [1.54, 1.807) is 4.90 Å². The molecular formula is C12H12BrF2NO2. The van der Waals surface area contributed by atoms with Crippen LogP contribution in [0.3, 0.4) is 0 Å². The van der Waals surface area contributed by atoms with Gasteiger partial charge in [-0.3, -0.25) is 4.79 Å². The molecule has 1 atom stereocenters. The molecule has 1 saturated heterocycles. The maximum atomic E-state index is 13.2. The SMILES string of the molecule is C[C@H]1CN(C(=O)c2cc(F)c(F)cc2Br)CCO1. The van der Waals surface area contributed by atoms with Crippen LogP contribution in [-0.4, -0.2) is 36.6 Å². The van der Waals surface area contributed by atoms with Crippen LogP contribution < -0.4 is 0 Å². The molecule has 0 N–H and O–H groups in total. The van der Waals surface area contributed by atoms with Crippen LogP contribution in [-0.2, 0) is 4.74 Å². The molecule has 0 aliphatic carbocycles. The van der Waals surface area contributed by atoms with Crippen LogP contribution in [0.15, 0.2) is 16.6 Å². The minimum absolute atomic E-state index is 0.0493. The minimum Gasteiger partial charge on any atom is -0.375 e. The number of carbonyl (C=O) groups is 1. The fourth-order valence-electron chi connectivity index (χ4n) is 1.86. The highest BCUT2D eigenvalue weighted by Gasteiger charge is 2.24. The maximum Gasteiger partial charge on any atom is 0.255 e. The van der Waals surface area contributed by atoms with Gasteiger partial charge in [0, 0.05) is 17.6 Å². The van der Waals surface area contributed by atoms with Crippen LogP contribution in [0, 0.1) is 11.6 Å². The molecule has 3 nitrogen and oxygen atoms in total. The number of carbonyl (C=O) groups excluding carboxylic acids is 1. The third kappa shape index (κ3) is 2.70. The predicted octanol–water partition coefficient (Wildman–Crippen LogP) is 2.59. The highest BCUT2D eigenvalue weighted by Crippen LogP contribution is 2.23. The van der Waals surface area contributed by atoms with Gasteiger partial charge in [-0.2, -0.15) is 0 Å². The summed E-state index contributed by atoms with van der Waals surface area (Å²) in [7, 11) is 0. The van der Waals surface area contributed by atoms with Gasteiger partial charge < -0.3 is 9.64 Å². The average molecular weight is 320 g/mol. The van der Waals surface area contributed by atoms with Crippen molar-refractivity contribution in [3.8, 4) is 0 Å². The van der Waals surface area contributed by atoms with Crippen LogP contribution in [0.25, 0.3) is 0 Å². The standard InChI is InChI=1S/C12H12BrF2NO2/c1-7-6-16(2-3-18-7)12(17)8-4-10(14)11(15)5-9(8)13/h4-5,7H,2-3,6H2,1H3/t7-/m0/s1. The van der Waals surface area contributed by atoms with Crippen molar-refractivity contribution in [2.75, 3.05) is 19.7 Å². The van der Waals surface area contributed by atoms with Crippen molar-refractivity contribution in [1.82, 2.24) is 4.90 Å². The van der Waals surface area contributed by atoms with E-state index in [9.17, 15) is 13.6 Å². The molecule has 6 heteroatoms. The quantitative estimate of drug-likeness (QED) is 0.745. The Morgan fingerprint density at radius 1 is 1.44 bits per heavy atom. The molecule has 1 aromatic rings. The zero-order chi connectivity index (χ0) is 13.3. The molecule has 1 aromatic carbocycles. The Kier molecular flexibility index (Phi) is 3.97. The van der Waals surface area contributed by atoms with Crippen molar-refractivity contribution >= 4 is 21.8 Å². The Labute approximate surface area is 112 Å². The summed E-state index contributed by atoms with van der Waals surface area (Å²) in [6.45, 7) is 3.22. The van der Waals surface area contributed by atoms with Gasteiger partial charge in [-0.25, -0.2) is 8.78 Å². The van der Waals surface area contributed by atoms with Crippen LogP contribution in [0.2, 0.25) is 0 Å². The van der Waals surface area contributed by atoms with Crippen molar-refractivity contribution in [2.24, 2.45) is 0 Å². The van der Waals surface area contributed by atoms with Crippen molar-refractivity contribution in [1.29, 1.82) is 0 Å². The summed E-state index contributed by atoms with van der Waals surface area (Å²) in [5, 5.41) is 0. The van der Waals surface area contributed by atoms with Crippen molar-refractivity contribution in [3.05, 3.63) is 33.8 Å². The number of hydrogen-bond donors (Lipinski definition) is 0. The van der Waals surface area contributed by atoms with Gasteiger partial charge >= 0.3 is 0 Å². The second-order valence-corrected chi connectivity index (χ2v) is 5.03. The highest BCUT2D eigenvalue weighted by molar-refractivity contribution is 9.10.